The van der Waals surface area contributed by atoms with Crippen LogP contribution in [0, 0.1) is 5.95 Å². The van der Waals surface area contributed by atoms with Gasteiger partial charge in [0.05, 0.1) is 0 Å². The number of hydrogen-bond donors (Lipinski definition) is 1. The summed E-state index contributed by atoms with van der Waals surface area (Å²) in [5.41, 5.74) is 0. The molecule has 0 aliphatic heterocycles. The number of hydrogen-bond acceptors (Lipinski definition) is 4. The number of thiophene rings is 1. The Labute approximate surface area is 95.8 Å². The zero-order valence-corrected chi connectivity index (χ0v) is 9.56. The first-order valence-electron chi connectivity index (χ1n) is 4.27. The lowest BCUT2D eigenvalue weighted by atomic mass is 10.5. The summed E-state index contributed by atoms with van der Waals surface area (Å²) in [4.78, 5) is 3.42. The number of nitrogens with one attached hydrogen (secondary N) is 1. The zero-order chi connectivity index (χ0) is 11.6. The maximum absolute atomic E-state index is 12.7. The average Bonchev–Trinajstić information content (AvgIpc) is 2.69. The van der Waals surface area contributed by atoms with Crippen LogP contribution in [0.25, 0.3) is 0 Å². The van der Waals surface area contributed by atoms with E-state index >= 15 is 0 Å². The van der Waals surface area contributed by atoms with Crippen molar-refractivity contribution in [2.45, 2.75) is 4.21 Å². The molecule has 0 spiro atoms. The molecule has 0 saturated heterocycles. The van der Waals surface area contributed by atoms with Gasteiger partial charge in [-0.25, -0.2) is 13.4 Å². The monoisotopic (exact) mass is 258 g/mol. The van der Waals surface area contributed by atoms with Crippen molar-refractivity contribution in [1.29, 1.82) is 0 Å². The highest BCUT2D eigenvalue weighted by atomic mass is 32.2. The van der Waals surface area contributed by atoms with Crippen LogP contribution in [0.3, 0.4) is 0 Å². The van der Waals surface area contributed by atoms with Crippen LogP contribution in [0.4, 0.5) is 10.2 Å². The third-order valence-electron chi connectivity index (χ3n) is 1.71. The topological polar surface area (TPSA) is 59.1 Å². The number of aromatic nitrogens is 1. The van der Waals surface area contributed by atoms with Crippen LogP contribution in [0.5, 0.6) is 0 Å². The van der Waals surface area contributed by atoms with Crippen LogP contribution in [0.15, 0.2) is 39.9 Å². The second-order valence-electron chi connectivity index (χ2n) is 2.88. The third kappa shape index (κ3) is 2.37. The van der Waals surface area contributed by atoms with Gasteiger partial charge in [-0.05, 0) is 23.6 Å². The van der Waals surface area contributed by atoms with E-state index in [9.17, 15) is 12.8 Å². The van der Waals surface area contributed by atoms with Crippen LogP contribution >= 0.6 is 11.3 Å². The van der Waals surface area contributed by atoms with E-state index in [1.54, 1.807) is 11.4 Å². The number of nitrogens with zero attached hydrogens (tertiary/aromatic N) is 1. The molecule has 0 aromatic carbocycles. The van der Waals surface area contributed by atoms with Gasteiger partial charge in [0.2, 0.25) is 5.95 Å². The Balaban J connectivity index is 2.29. The van der Waals surface area contributed by atoms with E-state index in [2.05, 4.69) is 9.71 Å². The number of anilines is 1. The van der Waals surface area contributed by atoms with Crippen LogP contribution in [0.1, 0.15) is 0 Å². The molecule has 0 fully saturated rings. The Kier molecular flexibility index (Phi) is 2.88. The molecular formula is C9H7FN2O2S2. The van der Waals surface area contributed by atoms with Crippen molar-refractivity contribution in [3.05, 3.63) is 41.7 Å². The second-order valence-corrected chi connectivity index (χ2v) is 5.74. The summed E-state index contributed by atoms with van der Waals surface area (Å²) in [5.74, 6) is -0.764. The highest BCUT2D eigenvalue weighted by molar-refractivity contribution is 7.94. The minimum atomic E-state index is -3.65. The highest BCUT2D eigenvalue weighted by Gasteiger charge is 2.15. The molecule has 1 N–H and O–H groups in total. The summed E-state index contributed by atoms with van der Waals surface area (Å²) in [6.45, 7) is 0. The molecule has 2 aromatic rings. The molecule has 84 valence electrons. The maximum atomic E-state index is 12.7. The predicted octanol–water partition coefficient (Wildman–Crippen LogP) is 2.08. The largest absolute Gasteiger partial charge is 0.272 e. The lowest BCUT2D eigenvalue weighted by Gasteiger charge is -2.04. The summed E-state index contributed by atoms with van der Waals surface area (Å²) in [5, 5.41) is 1.65. The van der Waals surface area contributed by atoms with Crippen molar-refractivity contribution in [3.63, 3.8) is 0 Å². The Bertz CT molecular complexity index is 581. The van der Waals surface area contributed by atoms with Crippen molar-refractivity contribution in [3.8, 4) is 0 Å². The van der Waals surface area contributed by atoms with E-state index in [0.717, 1.165) is 17.4 Å². The summed E-state index contributed by atoms with van der Waals surface area (Å²) < 4.78 is 38.5. The highest BCUT2D eigenvalue weighted by Crippen LogP contribution is 2.18. The first-order chi connectivity index (χ1) is 7.58. The fourth-order valence-corrected chi connectivity index (χ4v) is 3.06. The molecule has 0 saturated carbocycles. The first kappa shape index (κ1) is 11.0. The van der Waals surface area contributed by atoms with E-state index in [0.29, 0.717) is 0 Å². The van der Waals surface area contributed by atoms with Crippen molar-refractivity contribution in [2.24, 2.45) is 0 Å². The van der Waals surface area contributed by atoms with Gasteiger partial charge in [-0.3, -0.25) is 4.72 Å². The summed E-state index contributed by atoms with van der Waals surface area (Å²) >= 11 is 1.08. The van der Waals surface area contributed by atoms with Crippen molar-refractivity contribution in [1.82, 2.24) is 4.98 Å². The predicted molar refractivity (Wildman–Crippen MR) is 59.3 cm³/mol. The van der Waals surface area contributed by atoms with Crippen LogP contribution in [-0.4, -0.2) is 13.4 Å². The Morgan fingerprint density at radius 1 is 1.25 bits per heavy atom. The third-order valence-corrected chi connectivity index (χ3v) is 4.47. The zero-order valence-electron chi connectivity index (χ0n) is 7.92. The normalized spacial score (nSPS) is 11.3. The van der Waals surface area contributed by atoms with E-state index in [-0.39, 0.29) is 10.0 Å². The molecule has 0 aliphatic carbocycles. The van der Waals surface area contributed by atoms with Crippen LogP contribution < -0.4 is 4.72 Å². The molecule has 16 heavy (non-hydrogen) atoms. The minimum Gasteiger partial charge on any atom is -0.263 e. The van der Waals surface area contributed by atoms with Crippen LogP contribution in [-0.2, 0) is 10.0 Å². The fourth-order valence-electron chi connectivity index (χ4n) is 1.07. The van der Waals surface area contributed by atoms with Gasteiger partial charge in [-0.1, -0.05) is 12.1 Å². The fraction of sp³-hybridized carbons (Fsp3) is 0. The van der Waals surface area contributed by atoms with Crippen molar-refractivity contribution < 1.29 is 12.8 Å². The van der Waals surface area contributed by atoms with Crippen molar-refractivity contribution >= 4 is 27.2 Å². The average molecular weight is 258 g/mol. The lowest BCUT2D eigenvalue weighted by Crippen LogP contribution is -2.12. The molecule has 4 nitrogen and oxygen atoms in total. The van der Waals surface area contributed by atoms with Gasteiger partial charge in [-0.2, -0.15) is 4.39 Å². The van der Waals surface area contributed by atoms with Crippen LogP contribution in [0.2, 0.25) is 0 Å². The number of rotatable bonds is 3. The standard InChI is InChI=1S/C9H7FN2O2S2/c10-7-3-1-4-8(11-7)12-16(13,14)9-5-2-6-15-9/h1-6H,(H,11,12). The number of pyridine rings is 1. The number of halogens is 1. The molecule has 0 atom stereocenters. The molecule has 7 heteroatoms. The molecule has 0 amide bonds. The smallest absolute Gasteiger partial charge is 0.263 e. The quantitative estimate of drug-likeness (QED) is 0.857. The minimum absolute atomic E-state index is 0.0339. The molecule has 0 aliphatic rings. The molecular weight excluding hydrogens is 251 g/mol. The van der Waals surface area contributed by atoms with Gasteiger partial charge in [0.25, 0.3) is 10.0 Å². The van der Waals surface area contributed by atoms with E-state index < -0.39 is 16.0 Å². The van der Waals surface area contributed by atoms with E-state index in [1.165, 1.54) is 18.2 Å². The van der Waals surface area contributed by atoms with Crippen molar-refractivity contribution in [2.75, 3.05) is 4.72 Å². The first-order valence-corrected chi connectivity index (χ1v) is 6.63. The van der Waals surface area contributed by atoms with Gasteiger partial charge in [-0.15, -0.1) is 11.3 Å². The lowest BCUT2D eigenvalue weighted by molar-refractivity contribution is 0.585. The molecule has 0 unspecified atom stereocenters. The second kappa shape index (κ2) is 4.18. The van der Waals surface area contributed by atoms with E-state index in [4.69, 9.17) is 0 Å². The molecule has 0 radical (unpaired) electrons. The molecule has 0 bridgehead atoms. The number of sulfonamides is 1. The summed E-state index contributed by atoms with van der Waals surface area (Å²) in [7, 11) is -3.65. The van der Waals surface area contributed by atoms with Gasteiger partial charge < -0.3 is 0 Å². The Morgan fingerprint density at radius 3 is 2.69 bits per heavy atom. The summed E-state index contributed by atoms with van der Waals surface area (Å²) in [6.07, 6.45) is 0. The molecule has 2 aromatic heterocycles. The van der Waals surface area contributed by atoms with Gasteiger partial charge in [0.15, 0.2) is 0 Å². The van der Waals surface area contributed by atoms with Gasteiger partial charge in [0.1, 0.15) is 10.0 Å². The summed E-state index contributed by atoms with van der Waals surface area (Å²) in [6, 6.07) is 7.00. The molecule has 2 heterocycles. The molecule has 2 rings (SSSR count). The SMILES string of the molecule is O=S(=O)(Nc1cccc(F)n1)c1cccs1. The Morgan fingerprint density at radius 2 is 2.06 bits per heavy atom. The van der Waals surface area contributed by atoms with E-state index in [1.807, 2.05) is 0 Å². The van der Waals surface area contributed by atoms with Gasteiger partial charge >= 0.3 is 0 Å². The maximum Gasteiger partial charge on any atom is 0.272 e. The Hall–Kier alpha value is -1.47. The van der Waals surface area contributed by atoms with Gasteiger partial charge in [0, 0.05) is 0 Å².